The highest BCUT2D eigenvalue weighted by Crippen LogP contribution is 1.77. The van der Waals surface area contributed by atoms with E-state index in [1.165, 1.54) is 6.08 Å². The Bertz CT molecular complexity index is 227. The third-order valence-electron chi connectivity index (χ3n) is 0.879. The van der Waals surface area contributed by atoms with Crippen molar-refractivity contribution in [1.29, 1.82) is 0 Å². The van der Waals surface area contributed by atoms with Gasteiger partial charge in [0.25, 0.3) is 0 Å². The zero-order valence-electron chi connectivity index (χ0n) is 6.50. The molecule has 0 fully saturated rings. The predicted molar refractivity (Wildman–Crippen MR) is 43.0 cm³/mol. The van der Waals surface area contributed by atoms with E-state index in [4.69, 9.17) is 6.42 Å². The molecule has 0 aliphatic heterocycles. The second-order valence-corrected chi connectivity index (χ2v) is 1.78. The van der Waals surface area contributed by atoms with E-state index in [0.717, 1.165) is 0 Å². The summed E-state index contributed by atoms with van der Waals surface area (Å²) < 4.78 is 4.33. The van der Waals surface area contributed by atoms with E-state index in [1.807, 2.05) is 0 Å². The fraction of sp³-hybridized carbons (Fsp3) is 0.250. The minimum atomic E-state index is -0.977. The molecule has 0 aromatic carbocycles. The van der Waals surface area contributed by atoms with Crippen LogP contribution in [0.25, 0.3) is 0 Å². The summed E-state index contributed by atoms with van der Waals surface area (Å²) >= 11 is 0. The molecule has 0 spiro atoms. The molecule has 0 aliphatic rings. The quantitative estimate of drug-likeness (QED) is 0.266. The number of terminal acetylenes is 1. The number of nitrogens with one attached hydrogen (secondary N) is 1. The normalized spacial score (nSPS) is 7.92. The van der Waals surface area contributed by atoms with Gasteiger partial charge in [-0.05, 0) is 0 Å². The van der Waals surface area contributed by atoms with Gasteiger partial charge < -0.3 is 10.1 Å². The lowest BCUT2D eigenvalue weighted by molar-refractivity contribution is -0.153. The van der Waals surface area contributed by atoms with Gasteiger partial charge in [-0.2, -0.15) is 0 Å². The second kappa shape index (κ2) is 5.98. The van der Waals surface area contributed by atoms with Crippen LogP contribution in [-0.4, -0.2) is 25.0 Å². The number of carbonyl (C=O) groups is 2. The predicted octanol–water partition coefficient (Wildman–Crippen LogP) is -0.535. The van der Waals surface area contributed by atoms with Gasteiger partial charge in [0.15, 0.2) is 6.61 Å². The first kappa shape index (κ1) is 10.2. The molecule has 0 rings (SSSR count). The Morgan fingerprint density at radius 3 is 2.83 bits per heavy atom. The van der Waals surface area contributed by atoms with Crippen molar-refractivity contribution in [2.45, 2.75) is 0 Å². The molecular weight excluding hydrogens is 158 g/mol. The van der Waals surface area contributed by atoms with Crippen LogP contribution in [0.2, 0.25) is 0 Å². The lowest BCUT2D eigenvalue weighted by Gasteiger charge is -1.99. The molecule has 4 nitrogen and oxygen atoms in total. The van der Waals surface area contributed by atoms with Crippen LogP contribution < -0.4 is 5.32 Å². The average molecular weight is 167 g/mol. The Balaban J connectivity index is 3.71. The van der Waals surface area contributed by atoms with E-state index in [9.17, 15) is 9.59 Å². The van der Waals surface area contributed by atoms with Crippen molar-refractivity contribution in [2.24, 2.45) is 0 Å². The maximum Gasteiger partial charge on any atom is 0.397 e. The zero-order chi connectivity index (χ0) is 9.40. The number of amides is 1. The lowest BCUT2D eigenvalue weighted by Crippen LogP contribution is -2.32. The van der Waals surface area contributed by atoms with Gasteiger partial charge in [0.2, 0.25) is 0 Å². The maximum atomic E-state index is 10.7. The fourth-order valence-electron chi connectivity index (χ4n) is 0.410. The van der Waals surface area contributed by atoms with E-state index in [-0.39, 0.29) is 13.2 Å². The summed E-state index contributed by atoms with van der Waals surface area (Å²) in [7, 11) is 0. The molecule has 0 saturated carbocycles. The highest BCUT2D eigenvalue weighted by molar-refractivity contribution is 6.32. The van der Waals surface area contributed by atoms with Crippen molar-refractivity contribution < 1.29 is 14.3 Å². The average Bonchev–Trinajstić information content (AvgIpc) is 2.10. The summed E-state index contributed by atoms with van der Waals surface area (Å²) in [6, 6.07) is 0. The van der Waals surface area contributed by atoms with Crippen molar-refractivity contribution in [1.82, 2.24) is 5.32 Å². The van der Waals surface area contributed by atoms with Crippen LogP contribution in [0.1, 0.15) is 0 Å². The minimum absolute atomic E-state index is 0.194. The van der Waals surface area contributed by atoms with E-state index in [0.29, 0.717) is 0 Å². The van der Waals surface area contributed by atoms with Gasteiger partial charge in [0, 0.05) is 6.54 Å². The molecule has 12 heavy (non-hydrogen) atoms. The highest BCUT2D eigenvalue weighted by Gasteiger charge is 2.12. The zero-order valence-corrected chi connectivity index (χ0v) is 6.50. The van der Waals surface area contributed by atoms with Crippen LogP contribution in [0.4, 0.5) is 0 Å². The molecule has 1 N–H and O–H groups in total. The van der Waals surface area contributed by atoms with Crippen molar-refractivity contribution >= 4 is 11.9 Å². The first-order valence-corrected chi connectivity index (χ1v) is 3.21. The second-order valence-electron chi connectivity index (χ2n) is 1.78. The third-order valence-corrected chi connectivity index (χ3v) is 0.879. The first-order valence-electron chi connectivity index (χ1n) is 3.21. The van der Waals surface area contributed by atoms with Crippen LogP contribution in [0.5, 0.6) is 0 Å². The number of carbonyl (C=O) groups excluding carboxylic acids is 2. The Labute approximate surface area is 70.6 Å². The number of hydrogen-bond acceptors (Lipinski definition) is 3. The largest absolute Gasteiger partial charge is 0.445 e. The van der Waals surface area contributed by atoms with Crippen molar-refractivity contribution in [2.75, 3.05) is 13.2 Å². The topological polar surface area (TPSA) is 55.4 Å². The number of rotatable bonds is 3. The van der Waals surface area contributed by atoms with E-state index < -0.39 is 11.9 Å². The van der Waals surface area contributed by atoms with Crippen LogP contribution in [0.15, 0.2) is 12.7 Å². The van der Waals surface area contributed by atoms with Crippen LogP contribution in [0, 0.1) is 12.3 Å². The lowest BCUT2D eigenvalue weighted by atomic mass is 10.5. The molecule has 0 bridgehead atoms. The maximum absolute atomic E-state index is 10.7. The first-order chi connectivity index (χ1) is 5.72. The summed E-state index contributed by atoms with van der Waals surface area (Å²) in [6.07, 6.45) is 6.25. The Hall–Kier alpha value is -1.76. The monoisotopic (exact) mass is 167 g/mol. The van der Waals surface area contributed by atoms with Gasteiger partial charge in [-0.3, -0.25) is 4.79 Å². The van der Waals surface area contributed by atoms with Crippen LogP contribution in [-0.2, 0) is 14.3 Å². The molecule has 0 saturated heterocycles. The van der Waals surface area contributed by atoms with Gasteiger partial charge in [0.05, 0.1) is 0 Å². The Morgan fingerprint density at radius 1 is 1.67 bits per heavy atom. The van der Waals surface area contributed by atoms with Crippen molar-refractivity contribution in [3.8, 4) is 12.3 Å². The molecule has 0 aromatic heterocycles. The highest BCUT2D eigenvalue weighted by atomic mass is 16.5. The molecule has 4 heteroatoms. The van der Waals surface area contributed by atoms with Crippen LogP contribution in [0.3, 0.4) is 0 Å². The molecule has 1 amide bonds. The molecule has 0 atom stereocenters. The summed E-state index contributed by atoms with van der Waals surface area (Å²) in [5, 5.41) is 2.24. The van der Waals surface area contributed by atoms with Gasteiger partial charge in [-0.25, -0.2) is 4.79 Å². The summed E-state index contributed by atoms with van der Waals surface area (Å²) in [6.45, 7) is 3.39. The summed E-state index contributed by atoms with van der Waals surface area (Å²) in [5.41, 5.74) is 0. The van der Waals surface area contributed by atoms with Gasteiger partial charge in [-0.1, -0.05) is 12.0 Å². The number of ether oxygens (including phenoxy) is 1. The third kappa shape index (κ3) is 4.12. The molecule has 0 aromatic rings. The summed E-state index contributed by atoms with van der Waals surface area (Å²) in [4.78, 5) is 21.3. The smallest absolute Gasteiger partial charge is 0.397 e. The van der Waals surface area contributed by atoms with E-state index in [2.05, 4.69) is 22.6 Å². The molecule has 0 heterocycles. The number of esters is 1. The van der Waals surface area contributed by atoms with Crippen molar-refractivity contribution in [3.63, 3.8) is 0 Å². The Kier molecular flexibility index (Phi) is 5.11. The number of hydrogen-bond donors (Lipinski definition) is 1. The van der Waals surface area contributed by atoms with Gasteiger partial charge in [-0.15, -0.1) is 13.0 Å². The van der Waals surface area contributed by atoms with E-state index >= 15 is 0 Å². The fourth-order valence-corrected chi connectivity index (χ4v) is 0.410. The van der Waals surface area contributed by atoms with E-state index in [1.54, 1.807) is 0 Å². The SMILES string of the molecule is C#CCOC(=O)C(=O)NCC=C. The standard InChI is InChI=1S/C8H9NO3/c1-3-5-9-7(10)8(11)12-6-4-2/h2-3H,1,5-6H2,(H,9,10). The Morgan fingerprint density at radius 2 is 2.33 bits per heavy atom. The minimum Gasteiger partial charge on any atom is -0.445 e. The molecule has 64 valence electrons. The van der Waals surface area contributed by atoms with Gasteiger partial charge in [0.1, 0.15) is 0 Å². The molecular formula is C8H9NO3. The summed E-state index contributed by atoms with van der Waals surface area (Å²) in [5.74, 6) is 0.275. The molecule has 0 radical (unpaired) electrons. The van der Waals surface area contributed by atoms with Gasteiger partial charge >= 0.3 is 11.9 Å². The van der Waals surface area contributed by atoms with Crippen LogP contribution >= 0.6 is 0 Å². The molecule has 0 unspecified atom stereocenters. The van der Waals surface area contributed by atoms with Crippen molar-refractivity contribution in [3.05, 3.63) is 12.7 Å². The molecule has 0 aliphatic carbocycles.